The van der Waals surface area contributed by atoms with Gasteiger partial charge in [-0.15, -0.1) is 0 Å². The number of hydrogen-bond acceptors (Lipinski definition) is 3. The van der Waals surface area contributed by atoms with Crippen molar-refractivity contribution in [1.82, 2.24) is 5.32 Å². The normalized spacial score (nSPS) is 28.2. The predicted molar refractivity (Wildman–Crippen MR) is 77.8 cm³/mol. The van der Waals surface area contributed by atoms with Gasteiger partial charge in [0.2, 0.25) is 0 Å². The molecule has 1 N–H and O–H groups in total. The second-order valence-electron chi connectivity index (χ2n) is 6.27. The number of amidine groups is 1. The minimum Gasteiger partial charge on any atom is -0.360 e. The molecule has 1 heterocycles. The van der Waals surface area contributed by atoms with E-state index >= 15 is 0 Å². The van der Waals surface area contributed by atoms with Crippen molar-refractivity contribution in [1.29, 1.82) is 0 Å². The SMILES string of the molecule is CC(C)CC1CSC(NC2(C)CCCCC2)=N1. The van der Waals surface area contributed by atoms with E-state index in [9.17, 15) is 0 Å². The third-order valence-corrected chi connectivity index (χ3v) is 4.85. The number of thioether (sulfide) groups is 1. The van der Waals surface area contributed by atoms with Crippen LogP contribution in [0.2, 0.25) is 0 Å². The first-order valence-corrected chi connectivity index (χ1v) is 8.05. The molecule has 0 amide bonds. The van der Waals surface area contributed by atoms with Gasteiger partial charge in [0.05, 0.1) is 6.04 Å². The molecular formula is C14H26N2S. The molecule has 17 heavy (non-hydrogen) atoms. The summed E-state index contributed by atoms with van der Waals surface area (Å²) in [4.78, 5) is 4.84. The summed E-state index contributed by atoms with van der Waals surface area (Å²) in [5, 5.41) is 4.92. The monoisotopic (exact) mass is 254 g/mol. The molecule has 0 aromatic rings. The highest BCUT2D eigenvalue weighted by Crippen LogP contribution is 2.30. The van der Waals surface area contributed by atoms with E-state index in [1.54, 1.807) is 0 Å². The standard InChI is InChI=1S/C14H26N2S/c1-11(2)9-12-10-17-13(15-12)16-14(3)7-5-4-6-8-14/h11-12H,4-10H2,1-3H3,(H,15,16). The molecule has 1 aliphatic heterocycles. The van der Waals surface area contributed by atoms with Crippen molar-refractivity contribution in [3.05, 3.63) is 0 Å². The van der Waals surface area contributed by atoms with Crippen LogP contribution in [0.5, 0.6) is 0 Å². The molecule has 98 valence electrons. The fraction of sp³-hybridized carbons (Fsp3) is 0.929. The molecule has 0 radical (unpaired) electrons. The Morgan fingerprint density at radius 3 is 2.71 bits per heavy atom. The van der Waals surface area contributed by atoms with Gasteiger partial charge in [-0.3, -0.25) is 4.99 Å². The first-order chi connectivity index (χ1) is 8.07. The summed E-state index contributed by atoms with van der Waals surface area (Å²) in [7, 11) is 0. The summed E-state index contributed by atoms with van der Waals surface area (Å²) >= 11 is 1.92. The smallest absolute Gasteiger partial charge is 0.157 e. The third-order valence-electron chi connectivity index (χ3n) is 3.82. The highest BCUT2D eigenvalue weighted by Gasteiger charge is 2.29. The number of nitrogens with one attached hydrogen (secondary N) is 1. The van der Waals surface area contributed by atoms with Gasteiger partial charge in [-0.2, -0.15) is 0 Å². The average molecular weight is 254 g/mol. The summed E-state index contributed by atoms with van der Waals surface area (Å²) in [5.41, 5.74) is 0.316. The lowest BCUT2D eigenvalue weighted by molar-refractivity contribution is 0.292. The molecular weight excluding hydrogens is 228 g/mol. The van der Waals surface area contributed by atoms with Gasteiger partial charge in [0, 0.05) is 11.3 Å². The lowest BCUT2D eigenvalue weighted by atomic mass is 9.83. The van der Waals surface area contributed by atoms with E-state index in [1.807, 2.05) is 11.8 Å². The molecule has 1 fully saturated rings. The fourth-order valence-corrected chi connectivity index (χ4v) is 3.97. The van der Waals surface area contributed by atoms with Gasteiger partial charge in [0.1, 0.15) is 0 Å². The minimum atomic E-state index is 0.316. The van der Waals surface area contributed by atoms with Crippen molar-refractivity contribution in [3.8, 4) is 0 Å². The van der Waals surface area contributed by atoms with Crippen molar-refractivity contribution in [2.75, 3.05) is 5.75 Å². The summed E-state index contributed by atoms with van der Waals surface area (Å²) in [5.74, 6) is 1.94. The number of nitrogens with zero attached hydrogens (tertiary/aromatic N) is 1. The van der Waals surface area contributed by atoms with Gasteiger partial charge in [-0.1, -0.05) is 44.9 Å². The molecule has 0 aromatic carbocycles. The minimum absolute atomic E-state index is 0.316. The Kier molecular flexibility index (Phi) is 4.40. The maximum absolute atomic E-state index is 4.84. The zero-order chi connectivity index (χ0) is 12.3. The van der Waals surface area contributed by atoms with Crippen molar-refractivity contribution < 1.29 is 0 Å². The molecule has 0 saturated heterocycles. The predicted octanol–water partition coefficient (Wildman–Crippen LogP) is 3.82. The summed E-state index contributed by atoms with van der Waals surface area (Å²) in [6.07, 6.45) is 8.00. The Balaban J connectivity index is 1.86. The zero-order valence-electron chi connectivity index (χ0n) is 11.5. The van der Waals surface area contributed by atoms with Crippen LogP contribution in [0, 0.1) is 5.92 Å². The summed E-state index contributed by atoms with van der Waals surface area (Å²) in [6, 6.07) is 0.551. The van der Waals surface area contributed by atoms with E-state index in [0.717, 1.165) is 5.92 Å². The Hall–Kier alpha value is -0.180. The zero-order valence-corrected chi connectivity index (χ0v) is 12.3. The molecule has 2 nitrogen and oxygen atoms in total. The van der Waals surface area contributed by atoms with Gasteiger partial charge >= 0.3 is 0 Å². The van der Waals surface area contributed by atoms with Crippen molar-refractivity contribution in [2.45, 2.75) is 70.9 Å². The molecule has 0 bridgehead atoms. The van der Waals surface area contributed by atoms with Crippen LogP contribution in [0.3, 0.4) is 0 Å². The number of hydrogen-bond donors (Lipinski definition) is 1. The molecule has 2 rings (SSSR count). The first-order valence-electron chi connectivity index (χ1n) is 7.06. The van der Waals surface area contributed by atoms with Crippen molar-refractivity contribution in [3.63, 3.8) is 0 Å². The molecule has 0 spiro atoms. The molecule has 1 atom stereocenters. The average Bonchev–Trinajstić information content (AvgIpc) is 2.64. The summed E-state index contributed by atoms with van der Waals surface area (Å²) < 4.78 is 0. The van der Waals surface area contributed by atoms with Crippen LogP contribution in [-0.2, 0) is 0 Å². The molecule has 1 saturated carbocycles. The Morgan fingerprint density at radius 2 is 2.06 bits per heavy atom. The highest BCUT2D eigenvalue weighted by atomic mass is 32.2. The van der Waals surface area contributed by atoms with E-state index in [2.05, 4.69) is 26.1 Å². The van der Waals surface area contributed by atoms with Crippen LogP contribution in [0.25, 0.3) is 0 Å². The maximum Gasteiger partial charge on any atom is 0.157 e. The van der Waals surface area contributed by atoms with E-state index in [4.69, 9.17) is 4.99 Å². The lowest BCUT2D eigenvalue weighted by Gasteiger charge is -2.35. The second-order valence-corrected chi connectivity index (χ2v) is 7.28. The highest BCUT2D eigenvalue weighted by molar-refractivity contribution is 8.14. The van der Waals surface area contributed by atoms with Crippen LogP contribution >= 0.6 is 11.8 Å². The Bertz CT molecular complexity index is 280. The second kappa shape index (κ2) is 5.64. The lowest BCUT2D eigenvalue weighted by Crippen LogP contribution is -2.45. The van der Waals surface area contributed by atoms with Crippen LogP contribution in [0.4, 0.5) is 0 Å². The Labute approximate surface area is 110 Å². The topological polar surface area (TPSA) is 24.4 Å². The van der Waals surface area contributed by atoms with Crippen molar-refractivity contribution in [2.24, 2.45) is 10.9 Å². The third kappa shape index (κ3) is 3.90. The quantitative estimate of drug-likeness (QED) is 0.828. The van der Waals surface area contributed by atoms with E-state index < -0.39 is 0 Å². The molecule has 3 heteroatoms. The van der Waals surface area contributed by atoms with E-state index in [0.29, 0.717) is 11.6 Å². The van der Waals surface area contributed by atoms with Crippen LogP contribution in [0.15, 0.2) is 4.99 Å². The molecule has 1 unspecified atom stereocenters. The van der Waals surface area contributed by atoms with Gasteiger partial charge in [0.25, 0.3) is 0 Å². The van der Waals surface area contributed by atoms with Gasteiger partial charge in [-0.05, 0) is 32.1 Å². The van der Waals surface area contributed by atoms with Gasteiger partial charge < -0.3 is 5.32 Å². The first kappa shape index (κ1) is 13.3. The largest absolute Gasteiger partial charge is 0.360 e. The van der Waals surface area contributed by atoms with Crippen molar-refractivity contribution >= 4 is 16.9 Å². The molecule has 1 aliphatic carbocycles. The van der Waals surface area contributed by atoms with Gasteiger partial charge in [-0.25, -0.2) is 0 Å². The molecule has 2 aliphatic rings. The Morgan fingerprint density at radius 1 is 1.35 bits per heavy atom. The van der Waals surface area contributed by atoms with Crippen LogP contribution in [-0.4, -0.2) is 22.5 Å². The van der Waals surface area contributed by atoms with Crippen LogP contribution in [0.1, 0.15) is 59.3 Å². The summed E-state index contributed by atoms with van der Waals surface area (Å²) in [6.45, 7) is 6.94. The van der Waals surface area contributed by atoms with E-state index in [-0.39, 0.29) is 0 Å². The number of rotatable bonds is 3. The van der Waals surface area contributed by atoms with E-state index in [1.165, 1.54) is 49.4 Å². The van der Waals surface area contributed by atoms with Crippen LogP contribution < -0.4 is 5.32 Å². The fourth-order valence-electron chi connectivity index (χ4n) is 2.86. The molecule has 0 aromatic heterocycles. The number of aliphatic imine (C=N–C) groups is 1. The van der Waals surface area contributed by atoms with Gasteiger partial charge in [0.15, 0.2) is 5.17 Å². The maximum atomic E-state index is 4.84.